The molecule has 0 aromatic carbocycles. The van der Waals surface area contributed by atoms with Crippen LogP contribution in [0.4, 0.5) is 0 Å². The van der Waals surface area contributed by atoms with Crippen LogP contribution in [0.15, 0.2) is 130 Å². The highest BCUT2D eigenvalue weighted by Gasteiger charge is 2.27. The average Bonchev–Trinajstić information content (AvgIpc) is 2.85. The Balaban J connectivity index is 1.89. The topological polar surface area (TPSA) is 0 Å². The summed E-state index contributed by atoms with van der Waals surface area (Å²) in [5.41, 5.74) is 11.7. The number of hydrogen-bond acceptors (Lipinski definition) is 0. The summed E-state index contributed by atoms with van der Waals surface area (Å²) in [4.78, 5) is 0. The lowest BCUT2D eigenvalue weighted by molar-refractivity contribution is 0.376. The molecule has 0 saturated carbocycles. The Morgan fingerprint density at radius 3 is 1.18 bits per heavy atom. The van der Waals surface area contributed by atoms with Gasteiger partial charge in [0.2, 0.25) is 0 Å². The van der Waals surface area contributed by atoms with E-state index in [0.29, 0.717) is 10.8 Å². The molecule has 0 heteroatoms. The summed E-state index contributed by atoms with van der Waals surface area (Å²) < 4.78 is 0. The zero-order valence-corrected chi connectivity index (χ0v) is 27.3. The molecule has 0 fully saturated rings. The summed E-state index contributed by atoms with van der Waals surface area (Å²) in [5, 5.41) is 0. The van der Waals surface area contributed by atoms with Gasteiger partial charge >= 0.3 is 0 Å². The molecule has 0 unspecified atom stereocenters. The second-order valence-corrected chi connectivity index (χ2v) is 13.3. The fraction of sp³-hybridized carbons (Fsp3) is 0.450. The standard InChI is InChI=1S/C40H56/c1-31(19-13-21-33(3)25-27-37-35(5)23-15-29-39(37,7)8)17-11-12-18-32(2)20-14-22-34(4)26-28-38-36(6)24-16-30-40(38,9)10/h11-14,17-22,25-28H,15-16,23-24,29-30H2,1-10H3/b12-11+,19-13+,20-14+,27-25-,28-26+,31-17+,32-18+,33-21+,34-22+. The van der Waals surface area contributed by atoms with Crippen LogP contribution in [0, 0.1) is 10.8 Å². The fourth-order valence-corrected chi connectivity index (χ4v) is 5.79. The SMILES string of the molecule is CC1=C(\C=C/C(C)=C/C=C/C(C)=C/C=C/C=C(C)/C=C/C=C(C)/C=C/C2=C(C)CCCC2(C)C)C(C)(C)CCC1. The molecule has 0 aliphatic heterocycles. The molecule has 2 aliphatic carbocycles. The van der Waals surface area contributed by atoms with Crippen LogP contribution in [0.5, 0.6) is 0 Å². The minimum atomic E-state index is 0.291. The third kappa shape index (κ3) is 11.3. The molecular weight excluding hydrogens is 480 g/mol. The molecule has 0 amide bonds. The molecule has 0 nitrogen and oxygen atoms in total. The van der Waals surface area contributed by atoms with E-state index < -0.39 is 0 Å². The van der Waals surface area contributed by atoms with E-state index in [4.69, 9.17) is 0 Å². The number of hydrogen-bond donors (Lipinski definition) is 0. The van der Waals surface area contributed by atoms with E-state index in [1.165, 1.54) is 72.0 Å². The molecule has 2 aliphatic rings. The van der Waals surface area contributed by atoms with Crippen LogP contribution in [-0.2, 0) is 0 Å². The van der Waals surface area contributed by atoms with Crippen LogP contribution in [0.1, 0.15) is 108 Å². The lowest BCUT2D eigenvalue weighted by atomic mass is 9.72. The van der Waals surface area contributed by atoms with Crippen LogP contribution >= 0.6 is 0 Å². The molecule has 0 aromatic heterocycles. The van der Waals surface area contributed by atoms with Gasteiger partial charge in [-0.05, 0) is 102 Å². The van der Waals surface area contributed by atoms with Gasteiger partial charge in [0.25, 0.3) is 0 Å². The molecule has 216 valence electrons. The Hall–Kier alpha value is -2.86. The van der Waals surface area contributed by atoms with Gasteiger partial charge in [-0.2, -0.15) is 0 Å². The van der Waals surface area contributed by atoms with Crippen molar-refractivity contribution in [1.29, 1.82) is 0 Å². The van der Waals surface area contributed by atoms with Crippen molar-refractivity contribution in [1.82, 2.24) is 0 Å². The third-order valence-electron chi connectivity index (χ3n) is 8.38. The van der Waals surface area contributed by atoms with Crippen molar-refractivity contribution >= 4 is 0 Å². The molecule has 0 aromatic rings. The maximum atomic E-state index is 2.37. The highest BCUT2D eigenvalue weighted by atomic mass is 14.3. The van der Waals surface area contributed by atoms with Crippen LogP contribution in [0.25, 0.3) is 0 Å². The van der Waals surface area contributed by atoms with Crippen LogP contribution in [-0.4, -0.2) is 0 Å². The van der Waals surface area contributed by atoms with Crippen molar-refractivity contribution in [3.8, 4) is 0 Å². The summed E-state index contributed by atoms with van der Waals surface area (Å²) >= 11 is 0. The van der Waals surface area contributed by atoms with Crippen molar-refractivity contribution in [2.24, 2.45) is 10.8 Å². The summed E-state index contributed by atoms with van der Waals surface area (Å²) in [5.74, 6) is 0. The minimum absolute atomic E-state index is 0.291. The summed E-state index contributed by atoms with van der Waals surface area (Å²) in [6.07, 6.45) is 38.4. The highest BCUT2D eigenvalue weighted by Crippen LogP contribution is 2.41. The van der Waals surface area contributed by atoms with E-state index in [-0.39, 0.29) is 0 Å². The van der Waals surface area contributed by atoms with Gasteiger partial charge in [0, 0.05) is 0 Å². The zero-order valence-electron chi connectivity index (χ0n) is 27.3. The van der Waals surface area contributed by atoms with Gasteiger partial charge in [0.05, 0.1) is 0 Å². The molecule has 0 radical (unpaired) electrons. The van der Waals surface area contributed by atoms with Gasteiger partial charge in [-0.3, -0.25) is 0 Å². The quantitative estimate of drug-likeness (QED) is 0.244. The van der Waals surface area contributed by atoms with Crippen LogP contribution in [0.2, 0.25) is 0 Å². The van der Waals surface area contributed by atoms with Gasteiger partial charge in [0.1, 0.15) is 0 Å². The van der Waals surface area contributed by atoms with Gasteiger partial charge in [-0.25, -0.2) is 0 Å². The molecule has 0 heterocycles. The first kappa shape index (κ1) is 33.3. The maximum Gasteiger partial charge on any atom is -0.0104 e. The predicted octanol–water partition coefficient (Wildman–Crippen LogP) is 12.6. The maximum absolute atomic E-state index is 2.37. The van der Waals surface area contributed by atoms with Crippen LogP contribution < -0.4 is 0 Å². The molecule has 0 atom stereocenters. The third-order valence-corrected chi connectivity index (χ3v) is 8.38. The van der Waals surface area contributed by atoms with Gasteiger partial charge < -0.3 is 0 Å². The largest absolute Gasteiger partial charge is 0.0696 e. The lowest BCUT2D eigenvalue weighted by Gasteiger charge is -2.33. The van der Waals surface area contributed by atoms with Gasteiger partial charge in [-0.1, -0.05) is 146 Å². The molecule has 0 bridgehead atoms. The minimum Gasteiger partial charge on any atom is -0.0696 e. The van der Waals surface area contributed by atoms with Gasteiger partial charge in [-0.15, -0.1) is 0 Å². The highest BCUT2D eigenvalue weighted by molar-refractivity contribution is 5.39. The smallest absolute Gasteiger partial charge is 0.0104 e. The lowest BCUT2D eigenvalue weighted by Crippen LogP contribution is -2.19. The Labute approximate surface area is 247 Å². The van der Waals surface area contributed by atoms with Crippen molar-refractivity contribution in [2.75, 3.05) is 0 Å². The summed E-state index contributed by atoms with van der Waals surface area (Å²) in [6, 6.07) is 0. The zero-order chi connectivity index (χ0) is 29.8. The predicted molar refractivity (Wildman–Crippen MR) is 181 cm³/mol. The first-order valence-corrected chi connectivity index (χ1v) is 15.3. The Morgan fingerprint density at radius 1 is 0.500 bits per heavy atom. The van der Waals surface area contributed by atoms with E-state index in [2.05, 4.69) is 154 Å². The average molecular weight is 537 g/mol. The van der Waals surface area contributed by atoms with E-state index >= 15 is 0 Å². The van der Waals surface area contributed by atoms with Crippen molar-refractivity contribution in [2.45, 2.75) is 108 Å². The van der Waals surface area contributed by atoms with E-state index in [1.807, 2.05) is 0 Å². The molecular formula is C40H56. The molecule has 2 rings (SSSR count). The molecule has 40 heavy (non-hydrogen) atoms. The first-order valence-electron chi connectivity index (χ1n) is 15.3. The summed E-state index contributed by atoms with van der Waals surface area (Å²) in [6.45, 7) is 22.7. The second-order valence-electron chi connectivity index (χ2n) is 13.3. The molecule has 0 saturated heterocycles. The Bertz CT molecular complexity index is 1120. The van der Waals surface area contributed by atoms with Crippen molar-refractivity contribution in [3.63, 3.8) is 0 Å². The fourth-order valence-electron chi connectivity index (χ4n) is 5.79. The summed E-state index contributed by atoms with van der Waals surface area (Å²) in [7, 11) is 0. The van der Waals surface area contributed by atoms with Gasteiger partial charge in [0.15, 0.2) is 0 Å². The van der Waals surface area contributed by atoms with Crippen LogP contribution in [0.3, 0.4) is 0 Å². The van der Waals surface area contributed by atoms with Crippen molar-refractivity contribution < 1.29 is 0 Å². The number of allylic oxidation sites excluding steroid dienone is 22. The van der Waals surface area contributed by atoms with E-state index in [1.54, 1.807) is 11.1 Å². The second kappa shape index (κ2) is 15.8. The number of rotatable bonds is 10. The Morgan fingerprint density at radius 2 is 0.825 bits per heavy atom. The first-order chi connectivity index (χ1) is 18.8. The Kier molecular flexibility index (Phi) is 13.2. The molecule has 0 spiro atoms. The van der Waals surface area contributed by atoms with E-state index in [0.717, 1.165) is 0 Å². The van der Waals surface area contributed by atoms with Crippen molar-refractivity contribution in [3.05, 3.63) is 130 Å². The molecule has 0 N–H and O–H groups in total. The normalized spacial score (nSPS) is 21.9. The monoisotopic (exact) mass is 536 g/mol. The van der Waals surface area contributed by atoms with E-state index in [9.17, 15) is 0 Å².